The Morgan fingerprint density at radius 3 is 2.55 bits per heavy atom. The van der Waals surface area contributed by atoms with Crippen LogP contribution >= 0.6 is 11.6 Å². The van der Waals surface area contributed by atoms with Crippen LogP contribution in [0.4, 0.5) is 4.39 Å². The van der Waals surface area contributed by atoms with Crippen molar-refractivity contribution in [2.45, 2.75) is 19.8 Å². The Morgan fingerprint density at radius 2 is 2.09 bits per heavy atom. The molecule has 1 aromatic heterocycles. The van der Waals surface area contributed by atoms with E-state index in [9.17, 15) is 4.39 Å². The molecule has 1 rings (SSSR count). The van der Waals surface area contributed by atoms with Crippen molar-refractivity contribution in [1.82, 2.24) is 10.2 Å². The van der Waals surface area contributed by atoms with Crippen LogP contribution in [0.5, 0.6) is 0 Å². The molecule has 0 bridgehead atoms. The van der Waals surface area contributed by atoms with Gasteiger partial charge in [-0.05, 0) is 0 Å². The lowest BCUT2D eigenvalue weighted by Crippen LogP contribution is -1.99. The number of rotatable bonds is 1. The monoisotopic (exact) mass is 174 g/mol. The average molecular weight is 175 g/mol. The molecule has 0 amide bonds. The van der Waals surface area contributed by atoms with E-state index in [0.717, 1.165) is 0 Å². The molecular weight excluding hydrogens is 167 g/mol. The number of hydrogen-bond acceptors (Lipinski definition) is 2. The largest absolute Gasteiger partial charge is 0.205 e. The van der Waals surface area contributed by atoms with Crippen LogP contribution in [-0.4, -0.2) is 10.2 Å². The molecule has 1 heterocycles. The van der Waals surface area contributed by atoms with E-state index in [0.29, 0.717) is 5.69 Å². The topological polar surface area (TPSA) is 25.8 Å². The van der Waals surface area contributed by atoms with Crippen LogP contribution in [0.1, 0.15) is 25.5 Å². The summed E-state index contributed by atoms with van der Waals surface area (Å²) in [6, 6.07) is 1.17. The van der Waals surface area contributed by atoms with Crippen molar-refractivity contribution < 1.29 is 4.39 Å². The molecule has 0 saturated heterocycles. The van der Waals surface area contributed by atoms with E-state index in [2.05, 4.69) is 10.2 Å². The smallest absolute Gasteiger partial charge is 0.154 e. The first-order chi connectivity index (χ1) is 5.11. The fourth-order valence-electron chi connectivity index (χ4n) is 0.748. The van der Waals surface area contributed by atoms with E-state index in [-0.39, 0.29) is 16.9 Å². The Kier molecular flexibility index (Phi) is 2.39. The molecule has 0 saturated carbocycles. The second-order valence-corrected chi connectivity index (χ2v) is 2.94. The Bertz CT molecular complexity index is 263. The van der Waals surface area contributed by atoms with Gasteiger partial charge in [0.1, 0.15) is 11.5 Å². The van der Waals surface area contributed by atoms with Gasteiger partial charge in [0.15, 0.2) is 5.15 Å². The second-order valence-electron chi connectivity index (χ2n) is 2.55. The van der Waals surface area contributed by atoms with Crippen molar-refractivity contribution in [3.05, 3.63) is 22.7 Å². The maximum Gasteiger partial charge on any atom is 0.154 e. The first-order valence-electron chi connectivity index (χ1n) is 3.30. The number of halogens is 2. The molecular formula is C7H8ClFN2. The molecule has 0 unspecified atom stereocenters. The summed E-state index contributed by atoms with van der Waals surface area (Å²) in [6.07, 6.45) is 0. The highest BCUT2D eigenvalue weighted by Crippen LogP contribution is 2.16. The molecule has 1 aromatic rings. The summed E-state index contributed by atoms with van der Waals surface area (Å²) in [5, 5.41) is 7.25. The summed E-state index contributed by atoms with van der Waals surface area (Å²) < 4.78 is 12.9. The summed E-state index contributed by atoms with van der Waals surface area (Å²) in [5.74, 6) is -0.347. The highest BCUT2D eigenvalue weighted by molar-refractivity contribution is 6.29. The van der Waals surface area contributed by atoms with Gasteiger partial charge in [0.2, 0.25) is 0 Å². The van der Waals surface area contributed by atoms with Gasteiger partial charge in [-0.25, -0.2) is 4.39 Å². The predicted octanol–water partition coefficient (Wildman–Crippen LogP) is 2.39. The third-order valence-corrected chi connectivity index (χ3v) is 1.48. The van der Waals surface area contributed by atoms with Crippen molar-refractivity contribution in [3.63, 3.8) is 0 Å². The molecule has 60 valence electrons. The van der Waals surface area contributed by atoms with Crippen LogP contribution in [-0.2, 0) is 0 Å². The Morgan fingerprint density at radius 1 is 1.45 bits per heavy atom. The number of aromatic nitrogens is 2. The van der Waals surface area contributed by atoms with Crippen molar-refractivity contribution >= 4 is 11.6 Å². The van der Waals surface area contributed by atoms with Crippen LogP contribution in [0.3, 0.4) is 0 Å². The molecule has 11 heavy (non-hydrogen) atoms. The van der Waals surface area contributed by atoms with Crippen LogP contribution in [0, 0.1) is 5.82 Å². The molecule has 0 aliphatic rings. The molecule has 0 spiro atoms. The van der Waals surface area contributed by atoms with E-state index in [1.807, 2.05) is 13.8 Å². The molecule has 0 fully saturated rings. The van der Waals surface area contributed by atoms with Gasteiger partial charge < -0.3 is 0 Å². The fraction of sp³-hybridized carbons (Fsp3) is 0.429. The molecule has 0 radical (unpaired) electrons. The molecule has 0 aromatic carbocycles. The van der Waals surface area contributed by atoms with Gasteiger partial charge in [-0.1, -0.05) is 25.4 Å². The molecule has 0 aliphatic heterocycles. The highest BCUT2D eigenvalue weighted by Gasteiger charge is 2.08. The van der Waals surface area contributed by atoms with Crippen LogP contribution in [0.15, 0.2) is 6.07 Å². The molecule has 2 nitrogen and oxygen atoms in total. The normalized spacial score (nSPS) is 10.6. The van der Waals surface area contributed by atoms with Crippen molar-refractivity contribution in [2.24, 2.45) is 0 Å². The lowest BCUT2D eigenvalue weighted by atomic mass is 10.1. The van der Waals surface area contributed by atoms with Crippen molar-refractivity contribution in [3.8, 4) is 0 Å². The predicted molar refractivity (Wildman–Crippen MR) is 41.1 cm³/mol. The highest BCUT2D eigenvalue weighted by atomic mass is 35.5. The summed E-state index contributed by atoms with van der Waals surface area (Å²) in [5.41, 5.74) is 0.356. The van der Waals surface area contributed by atoms with Crippen LogP contribution in [0.25, 0.3) is 0 Å². The van der Waals surface area contributed by atoms with E-state index in [4.69, 9.17) is 11.6 Å². The maximum atomic E-state index is 12.9. The minimum Gasteiger partial charge on any atom is -0.205 e. The summed E-state index contributed by atoms with van der Waals surface area (Å²) >= 11 is 5.41. The Labute approximate surface area is 69.4 Å². The van der Waals surface area contributed by atoms with Crippen LogP contribution < -0.4 is 0 Å². The number of hydrogen-bond donors (Lipinski definition) is 0. The molecule has 0 aliphatic carbocycles. The van der Waals surface area contributed by atoms with Gasteiger partial charge >= 0.3 is 0 Å². The standard InChI is InChI=1S/C7H8ClFN2/c1-4(2)7-5(9)3-6(8)10-11-7/h3-4H,1-2H3. The lowest BCUT2D eigenvalue weighted by Gasteiger charge is -2.02. The average Bonchev–Trinajstić information content (AvgIpc) is 1.85. The zero-order valence-corrected chi connectivity index (χ0v) is 7.06. The zero-order valence-electron chi connectivity index (χ0n) is 6.31. The minimum absolute atomic E-state index is 0.0415. The van der Waals surface area contributed by atoms with E-state index in [1.165, 1.54) is 6.07 Å². The first-order valence-corrected chi connectivity index (χ1v) is 3.67. The minimum atomic E-state index is -0.389. The van der Waals surface area contributed by atoms with E-state index >= 15 is 0 Å². The quantitative estimate of drug-likeness (QED) is 0.654. The second kappa shape index (κ2) is 3.13. The lowest BCUT2D eigenvalue weighted by molar-refractivity contribution is 0.574. The van der Waals surface area contributed by atoms with E-state index in [1.54, 1.807) is 0 Å². The summed E-state index contributed by atoms with van der Waals surface area (Å²) in [6.45, 7) is 3.70. The third kappa shape index (κ3) is 1.87. The molecule has 0 N–H and O–H groups in total. The summed E-state index contributed by atoms with van der Waals surface area (Å²) in [4.78, 5) is 0. The third-order valence-electron chi connectivity index (χ3n) is 1.29. The van der Waals surface area contributed by atoms with Gasteiger partial charge in [0, 0.05) is 12.0 Å². The van der Waals surface area contributed by atoms with Crippen molar-refractivity contribution in [2.75, 3.05) is 0 Å². The maximum absolute atomic E-state index is 12.9. The van der Waals surface area contributed by atoms with Gasteiger partial charge in [0.25, 0.3) is 0 Å². The Balaban J connectivity index is 3.09. The Hall–Kier alpha value is -0.700. The van der Waals surface area contributed by atoms with Gasteiger partial charge in [-0.2, -0.15) is 5.10 Å². The molecule has 0 atom stereocenters. The van der Waals surface area contributed by atoms with Gasteiger partial charge in [-0.3, -0.25) is 0 Å². The van der Waals surface area contributed by atoms with Crippen LogP contribution in [0.2, 0.25) is 5.15 Å². The number of nitrogens with zero attached hydrogens (tertiary/aromatic N) is 2. The van der Waals surface area contributed by atoms with E-state index < -0.39 is 0 Å². The van der Waals surface area contributed by atoms with Gasteiger partial charge in [0.05, 0.1) is 0 Å². The SMILES string of the molecule is CC(C)c1nnc(Cl)cc1F. The fourth-order valence-corrected chi connectivity index (χ4v) is 0.882. The van der Waals surface area contributed by atoms with Gasteiger partial charge in [-0.15, -0.1) is 5.10 Å². The summed E-state index contributed by atoms with van der Waals surface area (Å²) in [7, 11) is 0. The van der Waals surface area contributed by atoms with Crippen molar-refractivity contribution in [1.29, 1.82) is 0 Å². The first kappa shape index (κ1) is 8.40. The molecule has 4 heteroatoms. The zero-order chi connectivity index (χ0) is 8.43.